The Morgan fingerprint density at radius 1 is 1.27 bits per heavy atom. The number of benzene rings is 1. The Kier molecular flexibility index (Phi) is 4.84. The average molecular weight is 250 g/mol. The molecule has 0 unspecified atom stereocenters. The summed E-state index contributed by atoms with van der Waals surface area (Å²) in [6.07, 6.45) is 2.02. The second kappa shape index (κ2) is 5.69. The highest BCUT2D eigenvalue weighted by Crippen LogP contribution is 2.28. The zero-order chi connectivity index (χ0) is 9.97. The van der Waals surface area contributed by atoms with Crippen molar-refractivity contribution < 1.29 is 4.39 Å². The van der Waals surface area contributed by atoms with Crippen LogP contribution in [0.3, 0.4) is 0 Å². The third kappa shape index (κ3) is 3.07. The van der Waals surface area contributed by atoms with Gasteiger partial charge in [-0.05, 0) is 49.5 Å². The molecule has 0 spiro atoms. The molecular weight excluding hydrogens is 236 g/mol. The summed E-state index contributed by atoms with van der Waals surface area (Å²) in [5.74, 6) is 0.193. The summed E-state index contributed by atoms with van der Waals surface area (Å²) < 4.78 is 13.5. The van der Waals surface area contributed by atoms with Gasteiger partial charge >= 0.3 is 0 Å². The van der Waals surface area contributed by atoms with Crippen LogP contribution in [0.15, 0.2) is 18.2 Å². The first-order chi connectivity index (χ1) is 6.77. The van der Waals surface area contributed by atoms with E-state index in [0.717, 1.165) is 31.5 Å². The van der Waals surface area contributed by atoms with Crippen molar-refractivity contribution in [3.63, 3.8) is 0 Å². The third-order valence-electron chi connectivity index (χ3n) is 2.74. The van der Waals surface area contributed by atoms with Crippen molar-refractivity contribution >= 4 is 24.0 Å². The Morgan fingerprint density at radius 3 is 2.53 bits per heavy atom. The number of halogens is 3. The molecule has 0 bridgehead atoms. The molecule has 84 valence electrons. The van der Waals surface area contributed by atoms with Crippen LogP contribution < -0.4 is 5.32 Å². The van der Waals surface area contributed by atoms with E-state index in [2.05, 4.69) is 5.32 Å². The lowest BCUT2D eigenvalue weighted by Crippen LogP contribution is -2.27. The molecule has 2 rings (SSSR count). The molecule has 1 N–H and O–H groups in total. The Labute approximate surface area is 100 Å². The van der Waals surface area contributed by atoms with Crippen LogP contribution in [-0.2, 0) is 0 Å². The van der Waals surface area contributed by atoms with Gasteiger partial charge in [-0.2, -0.15) is 0 Å². The van der Waals surface area contributed by atoms with E-state index in [1.165, 1.54) is 6.07 Å². The lowest BCUT2D eigenvalue weighted by atomic mass is 9.90. The predicted octanol–water partition coefficient (Wildman–Crippen LogP) is 3.37. The average Bonchev–Trinajstić information content (AvgIpc) is 2.19. The molecule has 0 saturated carbocycles. The molecule has 1 nitrogen and oxygen atoms in total. The minimum atomic E-state index is -0.163. The quantitative estimate of drug-likeness (QED) is 0.805. The van der Waals surface area contributed by atoms with E-state index in [1.54, 1.807) is 6.07 Å². The summed E-state index contributed by atoms with van der Waals surface area (Å²) in [5, 5.41) is 3.74. The smallest absolute Gasteiger partial charge is 0.128 e. The van der Waals surface area contributed by atoms with Gasteiger partial charge in [-0.25, -0.2) is 4.39 Å². The first kappa shape index (κ1) is 12.8. The summed E-state index contributed by atoms with van der Waals surface area (Å²) >= 11 is 5.70. The fraction of sp³-hybridized carbons (Fsp3) is 0.455. The molecule has 0 aliphatic carbocycles. The Morgan fingerprint density at radius 2 is 1.93 bits per heavy atom. The number of rotatable bonds is 1. The van der Waals surface area contributed by atoms with E-state index in [4.69, 9.17) is 11.6 Å². The van der Waals surface area contributed by atoms with Crippen LogP contribution in [-0.4, -0.2) is 13.1 Å². The monoisotopic (exact) mass is 249 g/mol. The van der Waals surface area contributed by atoms with Gasteiger partial charge in [0, 0.05) is 5.02 Å². The van der Waals surface area contributed by atoms with Crippen LogP contribution in [0.1, 0.15) is 24.3 Å². The molecule has 1 saturated heterocycles. The maximum atomic E-state index is 13.5. The lowest BCUT2D eigenvalue weighted by Gasteiger charge is -2.23. The van der Waals surface area contributed by atoms with Gasteiger partial charge in [-0.15, -0.1) is 12.4 Å². The summed E-state index contributed by atoms with van der Waals surface area (Å²) in [4.78, 5) is 0. The summed E-state index contributed by atoms with van der Waals surface area (Å²) in [6, 6.07) is 4.98. The topological polar surface area (TPSA) is 12.0 Å². The fourth-order valence-electron chi connectivity index (χ4n) is 1.97. The third-order valence-corrected chi connectivity index (χ3v) is 2.98. The van der Waals surface area contributed by atoms with Crippen molar-refractivity contribution in [1.82, 2.24) is 5.32 Å². The zero-order valence-corrected chi connectivity index (χ0v) is 9.87. The first-order valence-corrected chi connectivity index (χ1v) is 5.31. The van der Waals surface area contributed by atoms with Gasteiger partial charge in [0.05, 0.1) is 0 Å². The van der Waals surface area contributed by atoms with Crippen LogP contribution in [0, 0.1) is 5.82 Å². The minimum absolute atomic E-state index is 0. The molecule has 0 radical (unpaired) electrons. The molecule has 1 aliphatic heterocycles. The van der Waals surface area contributed by atoms with Gasteiger partial charge in [-0.1, -0.05) is 17.7 Å². The van der Waals surface area contributed by atoms with E-state index < -0.39 is 0 Å². The highest BCUT2D eigenvalue weighted by molar-refractivity contribution is 6.30. The zero-order valence-electron chi connectivity index (χ0n) is 8.30. The molecule has 15 heavy (non-hydrogen) atoms. The normalized spacial score (nSPS) is 17.2. The standard InChI is InChI=1S/C11H13ClFN.ClH/c12-9-1-2-10(11(13)7-9)8-3-5-14-6-4-8;/h1-2,7-8,14H,3-6H2;1H. The predicted molar refractivity (Wildman–Crippen MR) is 63.5 cm³/mol. The van der Waals surface area contributed by atoms with Crippen LogP contribution in [0.25, 0.3) is 0 Å². The van der Waals surface area contributed by atoms with Crippen molar-refractivity contribution in [2.45, 2.75) is 18.8 Å². The van der Waals surface area contributed by atoms with E-state index in [-0.39, 0.29) is 18.2 Å². The number of piperidine rings is 1. The van der Waals surface area contributed by atoms with Gasteiger partial charge in [-0.3, -0.25) is 0 Å². The second-order valence-electron chi connectivity index (χ2n) is 3.69. The van der Waals surface area contributed by atoms with E-state index in [0.29, 0.717) is 10.9 Å². The summed E-state index contributed by atoms with van der Waals surface area (Å²) in [6.45, 7) is 1.96. The summed E-state index contributed by atoms with van der Waals surface area (Å²) in [7, 11) is 0. The van der Waals surface area contributed by atoms with E-state index >= 15 is 0 Å². The lowest BCUT2D eigenvalue weighted by molar-refractivity contribution is 0.445. The van der Waals surface area contributed by atoms with E-state index in [9.17, 15) is 4.39 Å². The highest BCUT2D eigenvalue weighted by Gasteiger charge is 2.18. The fourth-order valence-corrected chi connectivity index (χ4v) is 2.12. The summed E-state index contributed by atoms with van der Waals surface area (Å²) in [5.41, 5.74) is 0.816. The Hall–Kier alpha value is -0.310. The molecule has 1 aromatic rings. The maximum absolute atomic E-state index is 13.5. The number of nitrogens with one attached hydrogen (secondary N) is 1. The van der Waals surface area contributed by atoms with Gasteiger partial charge in [0.1, 0.15) is 5.82 Å². The van der Waals surface area contributed by atoms with E-state index in [1.807, 2.05) is 6.07 Å². The van der Waals surface area contributed by atoms with Crippen molar-refractivity contribution in [1.29, 1.82) is 0 Å². The first-order valence-electron chi connectivity index (χ1n) is 4.93. The van der Waals surface area contributed by atoms with Crippen LogP contribution in [0.2, 0.25) is 5.02 Å². The maximum Gasteiger partial charge on any atom is 0.128 e. The SMILES string of the molecule is Cl.Fc1cc(Cl)ccc1C1CCNCC1. The number of hydrogen-bond acceptors (Lipinski definition) is 1. The number of hydrogen-bond donors (Lipinski definition) is 1. The van der Waals surface area contributed by atoms with Crippen LogP contribution in [0.4, 0.5) is 4.39 Å². The van der Waals surface area contributed by atoms with Crippen LogP contribution in [0.5, 0.6) is 0 Å². The van der Waals surface area contributed by atoms with Crippen LogP contribution >= 0.6 is 24.0 Å². The molecule has 4 heteroatoms. The van der Waals surface area contributed by atoms with Gasteiger partial charge < -0.3 is 5.32 Å². The molecule has 0 aromatic heterocycles. The van der Waals surface area contributed by atoms with Gasteiger partial charge in [0.15, 0.2) is 0 Å². The van der Waals surface area contributed by atoms with Gasteiger partial charge in [0.25, 0.3) is 0 Å². The van der Waals surface area contributed by atoms with Crippen molar-refractivity contribution in [3.8, 4) is 0 Å². The molecule has 0 atom stereocenters. The molecule has 0 amide bonds. The molecule has 1 aliphatic rings. The molecule has 1 fully saturated rings. The highest BCUT2D eigenvalue weighted by atomic mass is 35.5. The molecule has 1 heterocycles. The largest absolute Gasteiger partial charge is 0.317 e. The Balaban J connectivity index is 0.00000112. The van der Waals surface area contributed by atoms with Crippen molar-refractivity contribution in [2.75, 3.05) is 13.1 Å². The van der Waals surface area contributed by atoms with Gasteiger partial charge in [0.2, 0.25) is 0 Å². The minimum Gasteiger partial charge on any atom is -0.317 e. The molecule has 1 aromatic carbocycles. The van der Waals surface area contributed by atoms with Crippen molar-refractivity contribution in [3.05, 3.63) is 34.6 Å². The van der Waals surface area contributed by atoms with Crippen molar-refractivity contribution in [2.24, 2.45) is 0 Å². The Bertz CT molecular complexity index is 324. The molecular formula is C11H14Cl2FN. The second-order valence-corrected chi connectivity index (χ2v) is 4.13.